The van der Waals surface area contributed by atoms with Gasteiger partial charge in [0, 0.05) is 23.5 Å². The second kappa shape index (κ2) is 4.86. The molecule has 0 N–H and O–H groups in total. The van der Waals surface area contributed by atoms with Gasteiger partial charge in [-0.1, -0.05) is 31.2 Å². The predicted octanol–water partition coefficient (Wildman–Crippen LogP) is 3.82. The van der Waals surface area contributed by atoms with Crippen molar-refractivity contribution in [2.24, 2.45) is 4.99 Å². The first kappa shape index (κ1) is 13.0. The van der Waals surface area contributed by atoms with Crippen molar-refractivity contribution in [3.63, 3.8) is 0 Å². The average Bonchev–Trinajstić information content (AvgIpc) is 2.45. The van der Waals surface area contributed by atoms with Crippen LogP contribution >= 0.6 is 0 Å². The van der Waals surface area contributed by atoms with Crippen LogP contribution in [0, 0.1) is 0 Å². The van der Waals surface area contributed by atoms with Crippen LogP contribution in [0.15, 0.2) is 47.7 Å². The maximum absolute atomic E-state index is 4.98. The van der Waals surface area contributed by atoms with Crippen LogP contribution < -0.4 is 0 Å². The quantitative estimate of drug-likeness (QED) is 0.809. The highest BCUT2D eigenvalue weighted by atomic mass is 14.9. The average molecular weight is 264 g/mol. The van der Waals surface area contributed by atoms with Gasteiger partial charge >= 0.3 is 0 Å². The summed E-state index contributed by atoms with van der Waals surface area (Å²) in [6, 6.07) is 10.8. The minimum Gasteiger partial charge on any atom is -0.278 e. The van der Waals surface area contributed by atoms with E-state index < -0.39 is 0 Å². The lowest BCUT2D eigenvalue weighted by molar-refractivity contribution is 0.513. The Labute approximate surface area is 120 Å². The second-order valence-corrected chi connectivity index (χ2v) is 6.04. The Kier molecular flexibility index (Phi) is 3.17. The maximum Gasteiger partial charge on any atom is 0.0744 e. The molecule has 20 heavy (non-hydrogen) atoms. The van der Waals surface area contributed by atoms with Gasteiger partial charge in [0.15, 0.2) is 0 Å². The van der Waals surface area contributed by atoms with Crippen LogP contribution in [0.1, 0.15) is 43.0 Å². The zero-order valence-corrected chi connectivity index (χ0v) is 12.4. The van der Waals surface area contributed by atoms with Crippen LogP contribution in [0.5, 0.6) is 0 Å². The molecule has 0 bridgehead atoms. The molecule has 0 unspecified atom stereocenters. The smallest absolute Gasteiger partial charge is 0.0744 e. The molecule has 0 radical (unpaired) electrons. The molecule has 2 heterocycles. The summed E-state index contributed by atoms with van der Waals surface area (Å²) in [5.41, 5.74) is 6.05. The number of rotatable bonds is 2. The van der Waals surface area contributed by atoms with Crippen molar-refractivity contribution in [2.45, 2.75) is 39.2 Å². The fourth-order valence-corrected chi connectivity index (χ4v) is 2.80. The molecule has 1 aliphatic rings. The zero-order valence-electron chi connectivity index (χ0n) is 12.4. The third-order valence-electron chi connectivity index (χ3n) is 3.79. The van der Waals surface area contributed by atoms with Crippen LogP contribution in [-0.4, -0.2) is 16.2 Å². The van der Waals surface area contributed by atoms with E-state index in [1.807, 2.05) is 12.4 Å². The van der Waals surface area contributed by atoms with Gasteiger partial charge in [0.1, 0.15) is 0 Å². The Hall–Kier alpha value is -1.96. The van der Waals surface area contributed by atoms with E-state index in [9.17, 15) is 0 Å². The summed E-state index contributed by atoms with van der Waals surface area (Å²) in [4.78, 5) is 9.35. The normalized spacial score (nSPS) is 16.4. The molecular weight excluding hydrogens is 244 g/mol. The molecule has 1 aliphatic heterocycles. The van der Waals surface area contributed by atoms with Crippen LogP contribution in [0.25, 0.3) is 0 Å². The highest BCUT2D eigenvalue weighted by molar-refractivity contribution is 6.14. The van der Waals surface area contributed by atoms with E-state index in [1.54, 1.807) is 0 Å². The van der Waals surface area contributed by atoms with E-state index in [0.717, 1.165) is 24.1 Å². The summed E-state index contributed by atoms with van der Waals surface area (Å²) in [7, 11) is 0. The highest BCUT2D eigenvalue weighted by Gasteiger charge is 2.27. The molecule has 0 amide bonds. The molecule has 0 saturated carbocycles. The third kappa shape index (κ3) is 2.38. The molecule has 0 aliphatic carbocycles. The summed E-state index contributed by atoms with van der Waals surface area (Å²) >= 11 is 0. The lowest BCUT2D eigenvalue weighted by atomic mass is 9.85. The second-order valence-electron chi connectivity index (χ2n) is 6.04. The van der Waals surface area contributed by atoms with Crippen molar-refractivity contribution < 1.29 is 0 Å². The standard InChI is InChI=1S/C18H20N2/c1-4-13-9-15(12-19-11-13)17-16-8-6-5-7-14(16)10-18(2,3)20-17/h5-9,11-12H,4,10H2,1-3H3. The molecule has 3 rings (SSSR count). The van der Waals surface area contributed by atoms with E-state index in [0.29, 0.717) is 0 Å². The number of aromatic nitrogens is 1. The Morgan fingerprint density at radius 1 is 1.15 bits per heavy atom. The first-order valence-electron chi connectivity index (χ1n) is 7.21. The number of fused-ring (bicyclic) bond motifs is 1. The Balaban J connectivity index is 2.17. The molecule has 2 nitrogen and oxygen atoms in total. The summed E-state index contributed by atoms with van der Waals surface area (Å²) in [6.07, 6.45) is 5.85. The molecule has 0 saturated heterocycles. The van der Waals surface area contributed by atoms with E-state index in [-0.39, 0.29) is 5.54 Å². The lowest BCUT2D eigenvalue weighted by Crippen LogP contribution is -2.29. The van der Waals surface area contributed by atoms with Crippen molar-refractivity contribution in [1.29, 1.82) is 0 Å². The Morgan fingerprint density at radius 2 is 1.95 bits per heavy atom. The van der Waals surface area contributed by atoms with Gasteiger partial charge in [0.05, 0.1) is 11.3 Å². The number of aliphatic imine (C=N–C) groups is 1. The van der Waals surface area contributed by atoms with Crippen LogP contribution in [0.4, 0.5) is 0 Å². The maximum atomic E-state index is 4.98. The van der Waals surface area contributed by atoms with Crippen molar-refractivity contribution in [2.75, 3.05) is 0 Å². The minimum absolute atomic E-state index is 0.0497. The van der Waals surface area contributed by atoms with E-state index in [1.165, 1.54) is 16.7 Å². The fraction of sp³-hybridized carbons (Fsp3) is 0.333. The molecule has 1 aromatic heterocycles. The molecular formula is C18H20N2. The third-order valence-corrected chi connectivity index (χ3v) is 3.79. The van der Waals surface area contributed by atoms with Gasteiger partial charge in [0.2, 0.25) is 0 Å². The van der Waals surface area contributed by atoms with Gasteiger partial charge in [-0.25, -0.2) is 0 Å². The first-order valence-corrected chi connectivity index (χ1v) is 7.21. The largest absolute Gasteiger partial charge is 0.278 e. The highest BCUT2D eigenvalue weighted by Crippen LogP contribution is 2.29. The Morgan fingerprint density at radius 3 is 2.75 bits per heavy atom. The number of nitrogens with zero attached hydrogens (tertiary/aromatic N) is 2. The fourth-order valence-electron chi connectivity index (χ4n) is 2.80. The monoisotopic (exact) mass is 264 g/mol. The van der Waals surface area contributed by atoms with Gasteiger partial charge in [-0.3, -0.25) is 9.98 Å². The molecule has 1 aromatic carbocycles. The summed E-state index contributed by atoms with van der Waals surface area (Å²) in [5.74, 6) is 0. The van der Waals surface area contributed by atoms with Crippen LogP contribution in [0.3, 0.4) is 0 Å². The van der Waals surface area contributed by atoms with Crippen molar-refractivity contribution >= 4 is 5.71 Å². The minimum atomic E-state index is -0.0497. The topological polar surface area (TPSA) is 25.2 Å². The molecule has 0 atom stereocenters. The summed E-state index contributed by atoms with van der Waals surface area (Å²) in [6.45, 7) is 6.54. The number of benzene rings is 1. The van der Waals surface area contributed by atoms with Crippen molar-refractivity contribution in [1.82, 2.24) is 4.98 Å². The van der Waals surface area contributed by atoms with E-state index in [4.69, 9.17) is 4.99 Å². The SMILES string of the molecule is CCc1cncc(C2=NC(C)(C)Cc3ccccc32)c1. The van der Waals surface area contributed by atoms with Crippen molar-refractivity contribution in [3.05, 3.63) is 65.0 Å². The molecule has 0 fully saturated rings. The molecule has 2 aromatic rings. The molecule has 2 heteroatoms. The summed E-state index contributed by atoms with van der Waals surface area (Å²) < 4.78 is 0. The van der Waals surface area contributed by atoms with Crippen molar-refractivity contribution in [3.8, 4) is 0 Å². The summed E-state index contributed by atoms with van der Waals surface area (Å²) in [5, 5.41) is 0. The van der Waals surface area contributed by atoms with Gasteiger partial charge in [-0.15, -0.1) is 0 Å². The van der Waals surface area contributed by atoms with E-state index >= 15 is 0 Å². The van der Waals surface area contributed by atoms with Crippen LogP contribution in [-0.2, 0) is 12.8 Å². The number of pyridine rings is 1. The molecule has 0 spiro atoms. The lowest BCUT2D eigenvalue weighted by Gasteiger charge is -2.29. The van der Waals surface area contributed by atoms with Gasteiger partial charge < -0.3 is 0 Å². The molecule has 102 valence electrons. The van der Waals surface area contributed by atoms with Crippen LogP contribution in [0.2, 0.25) is 0 Å². The first-order chi connectivity index (χ1) is 9.59. The Bertz CT molecular complexity index is 669. The van der Waals surface area contributed by atoms with Gasteiger partial charge in [0.25, 0.3) is 0 Å². The number of hydrogen-bond acceptors (Lipinski definition) is 2. The number of hydrogen-bond donors (Lipinski definition) is 0. The zero-order chi connectivity index (χ0) is 14.2. The van der Waals surface area contributed by atoms with E-state index in [2.05, 4.69) is 56.1 Å². The number of aryl methyl sites for hydroxylation is 1. The van der Waals surface area contributed by atoms with Gasteiger partial charge in [-0.05, 0) is 43.9 Å². The predicted molar refractivity (Wildman–Crippen MR) is 83.5 cm³/mol. The van der Waals surface area contributed by atoms with Gasteiger partial charge in [-0.2, -0.15) is 0 Å².